The van der Waals surface area contributed by atoms with Gasteiger partial charge in [0.15, 0.2) is 5.82 Å². The van der Waals surface area contributed by atoms with Crippen molar-refractivity contribution in [2.45, 2.75) is 31.8 Å². The summed E-state index contributed by atoms with van der Waals surface area (Å²) >= 11 is 1.66. The normalized spacial score (nSPS) is 15.2. The molecule has 7 heteroatoms. The second-order valence-electron chi connectivity index (χ2n) is 7.92. The lowest BCUT2D eigenvalue weighted by atomic mass is 10.0. The van der Waals surface area contributed by atoms with Gasteiger partial charge in [-0.1, -0.05) is 30.3 Å². The van der Waals surface area contributed by atoms with E-state index in [-0.39, 0.29) is 0 Å². The molecule has 0 aliphatic carbocycles. The first-order valence-corrected chi connectivity index (χ1v) is 11.4. The second-order valence-corrected chi connectivity index (χ2v) is 8.83. The zero-order valence-electron chi connectivity index (χ0n) is 17.7. The van der Waals surface area contributed by atoms with E-state index in [4.69, 9.17) is 15.2 Å². The van der Waals surface area contributed by atoms with E-state index in [1.54, 1.807) is 11.3 Å². The van der Waals surface area contributed by atoms with Crippen molar-refractivity contribution in [3.8, 4) is 6.07 Å². The van der Waals surface area contributed by atoms with Gasteiger partial charge < -0.3 is 9.80 Å². The van der Waals surface area contributed by atoms with Crippen LogP contribution in [-0.2, 0) is 6.54 Å². The van der Waals surface area contributed by atoms with Crippen LogP contribution in [0.1, 0.15) is 24.8 Å². The topological polar surface area (TPSA) is 59.3 Å². The third-order valence-corrected chi connectivity index (χ3v) is 6.76. The number of rotatable bonds is 7. The summed E-state index contributed by atoms with van der Waals surface area (Å²) in [6.07, 6.45) is 2.69. The summed E-state index contributed by atoms with van der Waals surface area (Å²) in [4.78, 5) is 16.6. The van der Waals surface area contributed by atoms with Crippen LogP contribution >= 0.6 is 11.3 Å². The van der Waals surface area contributed by atoms with Gasteiger partial charge in [0.2, 0.25) is 5.95 Å². The lowest BCUT2D eigenvalue weighted by molar-refractivity contribution is 0.203. The van der Waals surface area contributed by atoms with E-state index in [0.717, 1.165) is 54.5 Å². The molecule has 1 aliphatic heterocycles. The Morgan fingerprint density at radius 2 is 1.90 bits per heavy atom. The number of nitrogens with zero attached hydrogens (tertiary/aromatic N) is 6. The van der Waals surface area contributed by atoms with Crippen LogP contribution < -0.4 is 9.80 Å². The molecule has 0 N–H and O–H groups in total. The number of benzene rings is 1. The van der Waals surface area contributed by atoms with Crippen LogP contribution in [0.25, 0.3) is 10.2 Å². The van der Waals surface area contributed by atoms with E-state index in [9.17, 15) is 0 Å². The monoisotopic (exact) mass is 420 g/mol. The van der Waals surface area contributed by atoms with Crippen LogP contribution in [0.3, 0.4) is 0 Å². The van der Waals surface area contributed by atoms with Crippen molar-refractivity contribution in [3.05, 3.63) is 47.3 Å². The average Bonchev–Trinajstić information content (AvgIpc) is 3.26. The smallest absolute Gasteiger partial charge is 0.227 e. The molecule has 0 radical (unpaired) electrons. The van der Waals surface area contributed by atoms with E-state index in [1.807, 2.05) is 7.05 Å². The zero-order chi connectivity index (χ0) is 20.9. The molecule has 0 saturated carbocycles. The number of likely N-dealkylation sites (tertiary alicyclic amines) is 1. The highest BCUT2D eigenvalue weighted by Gasteiger charge is 2.25. The van der Waals surface area contributed by atoms with Crippen LogP contribution in [0, 0.1) is 11.3 Å². The number of piperidine rings is 1. The molecule has 0 atom stereocenters. The van der Waals surface area contributed by atoms with Crippen molar-refractivity contribution in [1.82, 2.24) is 14.9 Å². The van der Waals surface area contributed by atoms with Gasteiger partial charge in [0, 0.05) is 46.3 Å². The van der Waals surface area contributed by atoms with Gasteiger partial charge in [0.05, 0.1) is 22.7 Å². The Balaban J connectivity index is 1.46. The van der Waals surface area contributed by atoms with E-state index in [2.05, 4.69) is 69.6 Å². The highest BCUT2D eigenvalue weighted by Crippen LogP contribution is 2.31. The van der Waals surface area contributed by atoms with Gasteiger partial charge in [-0.3, -0.25) is 4.90 Å². The zero-order valence-corrected chi connectivity index (χ0v) is 18.5. The summed E-state index contributed by atoms with van der Waals surface area (Å²) in [6.45, 7) is 3.85. The molecular weight excluding hydrogens is 392 g/mol. The Kier molecular flexibility index (Phi) is 6.46. The number of fused-ring (bicyclic) bond motifs is 1. The summed E-state index contributed by atoms with van der Waals surface area (Å²) in [7, 11) is 4.12. The molecule has 1 fully saturated rings. The fourth-order valence-electron chi connectivity index (χ4n) is 4.05. The lowest BCUT2D eigenvalue weighted by Gasteiger charge is -2.37. The van der Waals surface area contributed by atoms with Crippen LogP contribution in [0.15, 0.2) is 41.8 Å². The number of anilines is 2. The van der Waals surface area contributed by atoms with Crippen LogP contribution in [0.4, 0.5) is 11.8 Å². The fraction of sp³-hybridized carbons (Fsp3) is 0.435. The first-order valence-electron chi connectivity index (χ1n) is 10.5. The number of aromatic nitrogens is 2. The molecule has 1 saturated heterocycles. The summed E-state index contributed by atoms with van der Waals surface area (Å²) < 4.78 is 1.09. The predicted octanol–water partition coefficient (Wildman–Crippen LogP) is 4.14. The Morgan fingerprint density at radius 1 is 1.13 bits per heavy atom. The number of nitriles is 1. The van der Waals surface area contributed by atoms with Gasteiger partial charge in [0.25, 0.3) is 0 Å². The minimum atomic E-state index is 0.436. The van der Waals surface area contributed by atoms with Crippen LogP contribution in [-0.4, -0.2) is 54.6 Å². The van der Waals surface area contributed by atoms with Crippen LogP contribution in [0.2, 0.25) is 0 Å². The third-order valence-electron chi connectivity index (χ3n) is 5.86. The second kappa shape index (κ2) is 9.41. The molecule has 1 aromatic carbocycles. The highest BCUT2D eigenvalue weighted by molar-refractivity contribution is 7.17. The molecule has 2 aromatic heterocycles. The standard InChI is InChI=1S/C23H28N6S/c1-27(13-6-12-24)22-21-20(11-16-30-21)25-23(26-22)28(2)19-9-14-29(15-10-19)17-18-7-4-3-5-8-18/h3-5,7-8,11,16,19H,6,9-10,13-15,17H2,1-2H3. The summed E-state index contributed by atoms with van der Waals surface area (Å²) in [5.41, 5.74) is 2.36. The highest BCUT2D eigenvalue weighted by atomic mass is 32.1. The summed E-state index contributed by atoms with van der Waals surface area (Å²) in [6, 6.07) is 15.4. The SMILES string of the molecule is CN(CCC#N)c1nc(N(C)C2CCN(Cc3ccccc3)CC2)nc2ccsc12. The average molecular weight is 421 g/mol. The van der Waals surface area contributed by atoms with Gasteiger partial charge >= 0.3 is 0 Å². The van der Waals surface area contributed by atoms with Crippen molar-refractivity contribution in [2.24, 2.45) is 0 Å². The summed E-state index contributed by atoms with van der Waals surface area (Å²) in [5.74, 6) is 1.70. The molecule has 0 spiro atoms. The molecule has 0 bridgehead atoms. The molecule has 156 valence electrons. The largest absolute Gasteiger partial charge is 0.357 e. The van der Waals surface area contributed by atoms with Crippen molar-refractivity contribution >= 4 is 33.3 Å². The Hall–Kier alpha value is -2.69. The Labute approximate surface area is 182 Å². The van der Waals surface area contributed by atoms with Crippen molar-refractivity contribution in [2.75, 3.05) is 43.5 Å². The quantitative estimate of drug-likeness (QED) is 0.572. The van der Waals surface area contributed by atoms with Gasteiger partial charge in [-0.15, -0.1) is 11.3 Å². The predicted molar refractivity (Wildman–Crippen MR) is 124 cm³/mol. The minimum Gasteiger partial charge on any atom is -0.357 e. The maximum Gasteiger partial charge on any atom is 0.227 e. The van der Waals surface area contributed by atoms with Gasteiger partial charge in [-0.25, -0.2) is 4.98 Å². The van der Waals surface area contributed by atoms with Gasteiger partial charge in [-0.2, -0.15) is 10.2 Å². The number of hydrogen-bond acceptors (Lipinski definition) is 7. The third kappa shape index (κ3) is 4.55. The Bertz CT molecular complexity index is 1000. The molecule has 3 aromatic rings. The van der Waals surface area contributed by atoms with E-state index < -0.39 is 0 Å². The molecule has 0 amide bonds. The first kappa shape index (κ1) is 20.6. The molecule has 3 heterocycles. The van der Waals surface area contributed by atoms with Gasteiger partial charge in [0.1, 0.15) is 0 Å². The van der Waals surface area contributed by atoms with E-state index in [0.29, 0.717) is 19.0 Å². The van der Waals surface area contributed by atoms with Gasteiger partial charge in [-0.05, 0) is 29.9 Å². The Morgan fingerprint density at radius 3 is 2.63 bits per heavy atom. The molecule has 4 rings (SSSR count). The van der Waals surface area contributed by atoms with Crippen LogP contribution in [0.5, 0.6) is 0 Å². The van der Waals surface area contributed by atoms with E-state index >= 15 is 0 Å². The molecular formula is C23H28N6S. The molecule has 0 unspecified atom stereocenters. The first-order chi connectivity index (χ1) is 14.7. The van der Waals surface area contributed by atoms with Crippen molar-refractivity contribution in [1.29, 1.82) is 5.26 Å². The molecule has 30 heavy (non-hydrogen) atoms. The van der Waals surface area contributed by atoms with E-state index in [1.165, 1.54) is 5.56 Å². The number of thiophene rings is 1. The molecule has 1 aliphatic rings. The maximum atomic E-state index is 8.94. The molecule has 6 nitrogen and oxygen atoms in total. The van der Waals surface area contributed by atoms with Crippen molar-refractivity contribution < 1.29 is 0 Å². The maximum absolute atomic E-state index is 8.94. The minimum absolute atomic E-state index is 0.436. The number of hydrogen-bond donors (Lipinski definition) is 0. The summed E-state index contributed by atoms with van der Waals surface area (Å²) in [5, 5.41) is 11.0. The fourth-order valence-corrected chi connectivity index (χ4v) is 4.92. The van der Waals surface area contributed by atoms with Crippen molar-refractivity contribution in [3.63, 3.8) is 0 Å². The lowest BCUT2D eigenvalue weighted by Crippen LogP contribution is -2.43.